The zero-order chi connectivity index (χ0) is 14.4. The first kappa shape index (κ1) is 15.2. The summed E-state index contributed by atoms with van der Waals surface area (Å²) in [4.78, 5) is 22.5. The lowest BCUT2D eigenvalue weighted by Gasteiger charge is -2.13. The third kappa shape index (κ3) is 4.73. The number of carbonyl (C=O) groups is 2. The minimum Gasteiger partial charge on any atom is -0.495 e. The number of nitrogens with one attached hydrogen (secondary N) is 1. The highest BCUT2D eigenvalue weighted by Gasteiger charge is 2.10. The maximum absolute atomic E-state index is 11.7. The van der Waals surface area contributed by atoms with Gasteiger partial charge >= 0.3 is 0 Å². The highest BCUT2D eigenvalue weighted by Crippen LogP contribution is 2.28. The Morgan fingerprint density at radius 1 is 1.26 bits per heavy atom. The van der Waals surface area contributed by atoms with Gasteiger partial charge in [-0.15, -0.1) is 0 Å². The van der Waals surface area contributed by atoms with E-state index in [0.717, 1.165) is 5.56 Å². The number of ether oxygens (including phenoxy) is 1. The highest BCUT2D eigenvalue weighted by molar-refractivity contribution is 5.94. The summed E-state index contributed by atoms with van der Waals surface area (Å²) in [6.07, 6.45) is 0.461. The van der Waals surface area contributed by atoms with Crippen molar-refractivity contribution >= 4 is 17.4 Å². The number of anilines is 1. The minimum atomic E-state index is -0.175. The molecule has 0 bridgehead atoms. The van der Waals surface area contributed by atoms with Gasteiger partial charge in [-0.3, -0.25) is 4.79 Å². The zero-order valence-electron chi connectivity index (χ0n) is 11.9. The van der Waals surface area contributed by atoms with Gasteiger partial charge in [0.25, 0.3) is 0 Å². The number of hydrogen-bond acceptors (Lipinski definition) is 3. The molecule has 0 heterocycles. The molecule has 1 aromatic rings. The van der Waals surface area contributed by atoms with Gasteiger partial charge in [-0.05, 0) is 30.5 Å². The molecular weight excluding hydrogens is 242 g/mol. The molecule has 1 aromatic carbocycles. The van der Waals surface area contributed by atoms with Crippen LogP contribution in [0.25, 0.3) is 0 Å². The van der Waals surface area contributed by atoms with E-state index in [1.165, 1.54) is 6.92 Å². The van der Waals surface area contributed by atoms with E-state index in [1.54, 1.807) is 7.11 Å². The summed E-state index contributed by atoms with van der Waals surface area (Å²) in [6, 6.07) is 5.72. The number of benzene rings is 1. The molecule has 0 aliphatic carbocycles. The van der Waals surface area contributed by atoms with E-state index in [2.05, 4.69) is 19.2 Å². The Kier molecular flexibility index (Phi) is 5.55. The first-order valence-corrected chi connectivity index (χ1v) is 6.41. The molecule has 104 valence electrons. The lowest BCUT2D eigenvalue weighted by Crippen LogP contribution is -2.13. The molecule has 0 unspecified atom stereocenters. The monoisotopic (exact) mass is 263 g/mol. The predicted octanol–water partition coefficient (Wildman–Crippen LogP) is 3.13. The second-order valence-corrected chi connectivity index (χ2v) is 4.86. The summed E-state index contributed by atoms with van der Waals surface area (Å²) in [5.74, 6) is 0.877. The summed E-state index contributed by atoms with van der Waals surface area (Å²) in [7, 11) is 1.57. The summed E-state index contributed by atoms with van der Waals surface area (Å²) >= 11 is 0. The summed E-state index contributed by atoms with van der Waals surface area (Å²) in [6.45, 7) is 5.67. The Morgan fingerprint density at radius 3 is 2.47 bits per heavy atom. The molecule has 0 saturated carbocycles. The van der Waals surface area contributed by atoms with Crippen molar-refractivity contribution in [2.75, 3.05) is 12.4 Å². The molecule has 0 fully saturated rings. The van der Waals surface area contributed by atoms with E-state index in [9.17, 15) is 9.59 Å². The highest BCUT2D eigenvalue weighted by atomic mass is 16.5. The van der Waals surface area contributed by atoms with Crippen molar-refractivity contribution in [3.63, 3.8) is 0 Å². The van der Waals surface area contributed by atoms with Gasteiger partial charge < -0.3 is 14.8 Å². The molecule has 0 saturated heterocycles. The fourth-order valence-corrected chi connectivity index (χ4v) is 1.67. The first-order valence-electron chi connectivity index (χ1n) is 6.41. The van der Waals surface area contributed by atoms with E-state index < -0.39 is 0 Å². The average molecular weight is 263 g/mol. The number of hydrogen-bond donors (Lipinski definition) is 1. The number of amides is 1. The van der Waals surface area contributed by atoms with Crippen molar-refractivity contribution < 1.29 is 14.3 Å². The Bertz CT molecular complexity index is 466. The minimum absolute atomic E-state index is 0.0114. The molecule has 19 heavy (non-hydrogen) atoms. The lowest BCUT2D eigenvalue weighted by molar-refractivity contribution is -0.121. The van der Waals surface area contributed by atoms with E-state index >= 15 is 0 Å². The predicted molar refractivity (Wildman–Crippen MR) is 75.6 cm³/mol. The van der Waals surface area contributed by atoms with Crippen LogP contribution in [0.1, 0.15) is 45.1 Å². The quantitative estimate of drug-likeness (QED) is 0.858. The fourth-order valence-electron chi connectivity index (χ4n) is 1.67. The number of carbonyl (C=O) groups excluding carboxylic acids is 2. The Balaban J connectivity index is 2.77. The number of Topliss-reactive ketones (excluding diaryl/α,β-unsaturated/α-hetero) is 1. The molecule has 1 rings (SSSR count). The van der Waals surface area contributed by atoms with Gasteiger partial charge in [0.15, 0.2) is 0 Å². The molecule has 1 N–H and O–H groups in total. The summed E-state index contributed by atoms with van der Waals surface area (Å²) < 4.78 is 5.28. The van der Waals surface area contributed by atoms with Crippen LogP contribution in [0.3, 0.4) is 0 Å². The maximum atomic E-state index is 11.7. The van der Waals surface area contributed by atoms with Crippen LogP contribution in [0.15, 0.2) is 18.2 Å². The van der Waals surface area contributed by atoms with Crippen molar-refractivity contribution in [3.8, 4) is 5.75 Å². The molecular formula is C15H21NO3. The molecule has 0 spiro atoms. The smallest absolute Gasteiger partial charge is 0.224 e. The third-order valence-electron chi connectivity index (χ3n) is 2.87. The normalized spacial score (nSPS) is 10.4. The molecule has 1 amide bonds. The first-order chi connectivity index (χ1) is 8.93. The van der Waals surface area contributed by atoms with Gasteiger partial charge in [0.2, 0.25) is 5.91 Å². The summed E-state index contributed by atoms with van der Waals surface area (Å²) in [5.41, 5.74) is 1.79. The Labute approximate surface area is 114 Å². The maximum Gasteiger partial charge on any atom is 0.224 e. The van der Waals surface area contributed by atoms with Gasteiger partial charge in [0, 0.05) is 12.8 Å². The van der Waals surface area contributed by atoms with Gasteiger partial charge in [-0.25, -0.2) is 0 Å². The molecule has 0 aliphatic heterocycles. The molecule has 0 radical (unpaired) electrons. The van der Waals surface area contributed by atoms with Crippen LogP contribution in [0.4, 0.5) is 5.69 Å². The van der Waals surface area contributed by atoms with E-state index in [1.807, 2.05) is 18.2 Å². The van der Waals surface area contributed by atoms with Crippen LogP contribution in [0, 0.1) is 0 Å². The standard InChI is InChI=1S/C15H21NO3/c1-10(2)12-6-7-13(14(9-12)19-4)16-15(18)8-5-11(3)17/h6-7,9-10H,5,8H2,1-4H3,(H,16,18). The van der Waals surface area contributed by atoms with Gasteiger partial charge in [-0.2, -0.15) is 0 Å². The van der Waals surface area contributed by atoms with Gasteiger partial charge in [0.05, 0.1) is 12.8 Å². The van der Waals surface area contributed by atoms with E-state index in [0.29, 0.717) is 17.4 Å². The number of rotatable bonds is 6. The molecule has 0 atom stereocenters. The van der Waals surface area contributed by atoms with Crippen LogP contribution in [-0.2, 0) is 9.59 Å². The van der Waals surface area contributed by atoms with E-state index in [-0.39, 0.29) is 24.5 Å². The van der Waals surface area contributed by atoms with Crippen LogP contribution in [0.2, 0.25) is 0 Å². The van der Waals surface area contributed by atoms with Crippen LogP contribution in [0.5, 0.6) is 5.75 Å². The molecule has 4 nitrogen and oxygen atoms in total. The molecule has 4 heteroatoms. The second kappa shape index (κ2) is 6.92. The molecule has 0 aliphatic rings. The number of ketones is 1. The van der Waals surface area contributed by atoms with Crippen molar-refractivity contribution in [1.82, 2.24) is 0 Å². The molecule has 0 aromatic heterocycles. The second-order valence-electron chi connectivity index (χ2n) is 4.86. The fraction of sp³-hybridized carbons (Fsp3) is 0.467. The largest absolute Gasteiger partial charge is 0.495 e. The van der Waals surface area contributed by atoms with Crippen molar-refractivity contribution in [2.45, 2.75) is 39.5 Å². The van der Waals surface area contributed by atoms with Crippen LogP contribution < -0.4 is 10.1 Å². The summed E-state index contributed by atoms with van der Waals surface area (Å²) in [5, 5.41) is 2.77. The topological polar surface area (TPSA) is 55.4 Å². The lowest BCUT2D eigenvalue weighted by atomic mass is 10.0. The van der Waals surface area contributed by atoms with Gasteiger partial charge in [-0.1, -0.05) is 19.9 Å². The third-order valence-corrected chi connectivity index (χ3v) is 2.87. The van der Waals surface area contributed by atoms with Crippen LogP contribution >= 0.6 is 0 Å². The number of methoxy groups -OCH3 is 1. The van der Waals surface area contributed by atoms with Gasteiger partial charge in [0.1, 0.15) is 11.5 Å². The van der Waals surface area contributed by atoms with Crippen LogP contribution in [-0.4, -0.2) is 18.8 Å². The van der Waals surface area contributed by atoms with E-state index in [4.69, 9.17) is 4.74 Å². The van der Waals surface area contributed by atoms with Crippen molar-refractivity contribution in [1.29, 1.82) is 0 Å². The zero-order valence-corrected chi connectivity index (χ0v) is 11.9. The van der Waals surface area contributed by atoms with Crippen molar-refractivity contribution in [3.05, 3.63) is 23.8 Å². The average Bonchev–Trinajstić information content (AvgIpc) is 2.36. The van der Waals surface area contributed by atoms with Crippen molar-refractivity contribution in [2.24, 2.45) is 0 Å². The Morgan fingerprint density at radius 2 is 1.95 bits per heavy atom. The SMILES string of the molecule is COc1cc(C(C)C)ccc1NC(=O)CCC(C)=O. The Hall–Kier alpha value is -1.84.